The van der Waals surface area contributed by atoms with Gasteiger partial charge in [-0.25, -0.2) is 0 Å². The van der Waals surface area contributed by atoms with Gasteiger partial charge in [-0.05, 0) is 24.8 Å². The van der Waals surface area contributed by atoms with Gasteiger partial charge in [0.25, 0.3) is 5.69 Å². The molecule has 19 heavy (non-hydrogen) atoms. The van der Waals surface area contributed by atoms with Crippen molar-refractivity contribution in [2.24, 2.45) is 0 Å². The summed E-state index contributed by atoms with van der Waals surface area (Å²) in [6.07, 6.45) is 3.67. The van der Waals surface area contributed by atoms with Gasteiger partial charge < -0.3 is 5.32 Å². The van der Waals surface area contributed by atoms with E-state index in [1.165, 1.54) is 12.1 Å². The maximum Gasteiger partial charge on any atom is 0.269 e. The highest BCUT2D eigenvalue weighted by atomic mass is 16.6. The van der Waals surface area contributed by atoms with Crippen LogP contribution in [-0.2, 0) is 10.2 Å². The monoisotopic (exact) mass is 262 g/mol. The second-order valence-corrected chi connectivity index (χ2v) is 5.00. The Hall–Kier alpha value is -1.91. The topological polar surface area (TPSA) is 72.2 Å². The molecule has 1 N–H and O–H groups in total. The number of carbonyl (C=O) groups is 1. The molecule has 5 nitrogen and oxygen atoms in total. The molecule has 0 aliphatic heterocycles. The summed E-state index contributed by atoms with van der Waals surface area (Å²) in [5, 5.41) is 13.6. The molecule has 1 aliphatic rings. The SMILES string of the molecule is CCCCNC(=O)C1(c2ccc([N+](=O)[O-])cc2)CC1. The fourth-order valence-electron chi connectivity index (χ4n) is 2.22. The number of hydrogen-bond donors (Lipinski definition) is 1. The number of carbonyl (C=O) groups excluding carboxylic acids is 1. The van der Waals surface area contributed by atoms with Crippen molar-refractivity contribution in [2.45, 2.75) is 38.0 Å². The molecule has 1 fully saturated rings. The van der Waals surface area contributed by atoms with Gasteiger partial charge in [-0.1, -0.05) is 25.5 Å². The predicted molar refractivity (Wildman–Crippen MR) is 71.9 cm³/mol. The van der Waals surface area contributed by atoms with E-state index in [1.54, 1.807) is 12.1 Å². The van der Waals surface area contributed by atoms with Crippen LogP contribution in [0.1, 0.15) is 38.2 Å². The summed E-state index contributed by atoms with van der Waals surface area (Å²) in [6, 6.07) is 6.33. The highest BCUT2D eigenvalue weighted by Gasteiger charge is 2.51. The first-order chi connectivity index (χ1) is 9.10. The summed E-state index contributed by atoms with van der Waals surface area (Å²) in [5.41, 5.74) is 0.501. The summed E-state index contributed by atoms with van der Waals surface area (Å²) < 4.78 is 0. The van der Waals surface area contributed by atoms with Crippen molar-refractivity contribution in [1.29, 1.82) is 0 Å². The van der Waals surface area contributed by atoms with E-state index in [4.69, 9.17) is 0 Å². The highest BCUT2D eigenvalue weighted by molar-refractivity contribution is 5.91. The number of benzene rings is 1. The Labute approximate surface area is 112 Å². The number of nitrogens with zero attached hydrogens (tertiary/aromatic N) is 1. The van der Waals surface area contributed by atoms with E-state index >= 15 is 0 Å². The lowest BCUT2D eigenvalue weighted by Gasteiger charge is -2.15. The minimum absolute atomic E-state index is 0.0507. The number of unbranched alkanes of at least 4 members (excludes halogenated alkanes) is 1. The Balaban J connectivity index is 2.07. The molecule has 2 rings (SSSR count). The van der Waals surface area contributed by atoms with Crippen LogP contribution >= 0.6 is 0 Å². The van der Waals surface area contributed by atoms with E-state index in [0.29, 0.717) is 6.54 Å². The zero-order chi connectivity index (χ0) is 13.9. The largest absolute Gasteiger partial charge is 0.355 e. The van der Waals surface area contributed by atoms with Crippen molar-refractivity contribution in [3.8, 4) is 0 Å². The van der Waals surface area contributed by atoms with E-state index < -0.39 is 10.3 Å². The third kappa shape index (κ3) is 2.75. The predicted octanol–water partition coefficient (Wildman–Crippen LogP) is 2.54. The third-order valence-electron chi connectivity index (χ3n) is 3.63. The number of nitro benzene ring substituents is 1. The molecule has 0 atom stereocenters. The van der Waals surface area contributed by atoms with E-state index in [1.807, 2.05) is 0 Å². The molecular weight excluding hydrogens is 244 g/mol. The van der Waals surface area contributed by atoms with Gasteiger partial charge in [-0.3, -0.25) is 14.9 Å². The molecule has 0 radical (unpaired) electrons. The number of nitrogens with one attached hydrogen (secondary N) is 1. The van der Waals surface area contributed by atoms with Crippen LogP contribution in [0.2, 0.25) is 0 Å². The fourth-order valence-corrected chi connectivity index (χ4v) is 2.22. The van der Waals surface area contributed by atoms with Crippen molar-refractivity contribution in [3.05, 3.63) is 39.9 Å². The smallest absolute Gasteiger partial charge is 0.269 e. The van der Waals surface area contributed by atoms with Gasteiger partial charge in [-0.2, -0.15) is 0 Å². The van der Waals surface area contributed by atoms with Crippen molar-refractivity contribution < 1.29 is 9.72 Å². The Morgan fingerprint density at radius 3 is 2.47 bits per heavy atom. The fraction of sp³-hybridized carbons (Fsp3) is 0.500. The van der Waals surface area contributed by atoms with E-state index in [-0.39, 0.29) is 11.6 Å². The second kappa shape index (κ2) is 5.38. The van der Waals surface area contributed by atoms with Crippen molar-refractivity contribution in [3.63, 3.8) is 0 Å². The lowest BCUT2D eigenvalue weighted by Crippen LogP contribution is -2.35. The number of hydrogen-bond acceptors (Lipinski definition) is 3. The van der Waals surface area contributed by atoms with E-state index in [9.17, 15) is 14.9 Å². The second-order valence-electron chi connectivity index (χ2n) is 5.00. The average molecular weight is 262 g/mol. The van der Waals surface area contributed by atoms with Crippen LogP contribution in [0.4, 0.5) is 5.69 Å². The number of non-ortho nitro benzene ring substituents is 1. The average Bonchev–Trinajstić information content (AvgIpc) is 3.20. The summed E-state index contributed by atoms with van der Waals surface area (Å²) in [6.45, 7) is 2.78. The minimum Gasteiger partial charge on any atom is -0.355 e. The Kier molecular flexibility index (Phi) is 3.83. The molecule has 1 amide bonds. The molecule has 0 saturated heterocycles. The van der Waals surface area contributed by atoms with Gasteiger partial charge in [0, 0.05) is 18.7 Å². The summed E-state index contributed by atoms with van der Waals surface area (Å²) >= 11 is 0. The summed E-state index contributed by atoms with van der Waals surface area (Å²) in [4.78, 5) is 22.4. The van der Waals surface area contributed by atoms with Crippen LogP contribution in [0.25, 0.3) is 0 Å². The molecule has 0 heterocycles. The molecule has 1 aromatic carbocycles. The standard InChI is InChI=1S/C14H18N2O3/c1-2-3-10-15-13(17)14(8-9-14)11-4-6-12(7-5-11)16(18)19/h4-7H,2-3,8-10H2,1H3,(H,15,17). The molecule has 0 unspecified atom stereocenters. The van der Waals surface area contributed by atoms with Gasteiger partial charge in [-0.15, -0.1) is 0 Å². The number of nitro groups is 1. The molecule has 102 valence electrons. The molecule has 5 heteroatoms. The molecular formula is C14H18N2O3. The van der Waals surface area contributed by atoms with Crippen LogP contribution in [0.5, 0.6) is 0 Å². The molecule has 1 aliphatic carbocycles. The quantitative estimate of drug-likeness (QED) is 0.486. The molecule has 0 aromatic heterocycles. The van der Waals surface area contributed by atoms with Gasteiger partial charge in [0.05, 0.1) is 10.3 Å². The van der Waals surface area contributed by atoms with Gasteiger partial charge in [0.1, 0.15) is 0 Å². The molecule has 0 spiro atoms. The highest BCUT2D eigenvalue weighted by Crippen LogP contribution is 2.48. The lowest BCUT2D eigenvalue weighted by atomic mass is 9.94. The molecule has 1 saturated carbocycles. The van der Waals surface area contributed by atoms with Crippen LogP contribution in [-0.4, -0.2) is 17.4 Å². The summed E-state index contributed by atoms with van der Waals surface area (Å²) in [5.74, 6) is 0.0507. The van der Waals surface area contributed by atoms with E-state index in [2.05, 4.69) is 12.2 Å². The van der Waals surface area contributed by atoms with E-state index in [0.717, 1.165) is 31.2 Å². The van der Waals surface area contributed by atoms with Crippen LogP contribution < -0.4 is 5.32 Å². The Bertz CT molecular complexity index is 478. The maximum atomic E-state index is 12.2. The molecule has 0 bridgehead atoms. The first kappa shape index (κ1) is 13.5. The Morgan fingerprint density at radius 1 is 1.37 bits per heavy atom. The van der Waals surface area contributed by atoms with Crippen LogP contribution in [0.3, 0.4) is 0 Å². The van der Waals surface area contributed by atoms with Crippen LogP contribution in [0.15, 0.2) is 24.3 Å². The first-order valence-electron chi connectivity index (χ1n) is 6.63. The van der Waals surface area contributed by atoms with Crippen molar-refractivity contribution >= 4 is 11.6 Å². The number of amides is 1. The summed E-state index contributed by atoms with van der Waals surface area (Å²) in [7, 11) is 0. The molecule has 1 aromatic rings. The lowest BCUT2D eigenvalue weighted by molar-refractivity contribution is -0.384. The maximum absolute atomic E-state index is 12.2. The normalized spacial score (nSPS) is 15.8. The van der Waals surface area contributed by atoms with Crippen LogP contribution in [0, 0.1) is 10.1 Å². The minimum atomic E-state index is -0.442. The van der Waals surface area contributed by atoms with Crippen molar-refractivity contribution in [2.75, 3.05) is 6.54 Å². The van der Waals surface area contributed by atoms with Crippen molar-refractivity contribution in [1.82, 2.24) is 5.32 Å². The Morgan fingerprint density at radius 2 is 2.00 bits per heavy atom. The van der Waals surface area contributed by atoms with Gasteiger partial charge in [0.2, 0.25) is 5.91 Å². The zero-order valence-corrected chi connectivity index (χ0v) is 11.0. The van der Waals surface area contributed by atoms with Gasteiger partial charge in [0.15, 0.2) is 0 Å². The zero-order valence-electron chi connectivity index (χ0n) is 11.0. The third-order valence-corrected chi connectivity index (χ3v) is 3.63. The van der Waals surface area contributed by atoms with Gasteiger partial charge >= 0.3 is 0 Å². The number of rotatable bonds is 6. The first-order valence-corrected chi connectivity index (χ1v) is 6.63.